The lowest BCUT2D eigenvalue weighted by Crippen LogP contribution is -2.33. The van der Waals surface area contributed by atoms with Crippen molar-refractivity contribution >= 4 is 16.0 Å². The Labute approximate surface area is 189 Å². The van der Waals surface area contributed by atoms with Crippen LogP contribution in [0.1, 0.15) is 42.5 Å². The Morgan fingerprint density at radius 1 is 1.21 bits per heavy atom. The normalized spacial score (nSPS) is 16.4. The van der Waals surface area contributed by atoms with Crippen LogP contribution in [0, 0.1) is 0 Å². The SMILES string of the molecule is CCOc1cc(C(F)(F)F)cc(S(=O)(=O)N(C)[C@@H]2CCCc3c(OCC(=O)O)cccc32)c1. The fourth-order valence-electron chi connectivity index (χ4n) is 3.91. The lowest BCUT2D eigenvalue weighted by Gasteiger charge is -2.33. The van der Waals surface area contributed by atoms with Crippen LogP contribution in [0.15, 0.2) is 41.3 Å². The first-order valence-corrected chi connectivity index (χ1v) is 11.7. The van der Waals surface area contributed by atoms with E-state index < -0.39 is 45.3 Å². The summed E-state index contributed by atoms with van der Waals surface area (Å²) in [6, 6.07) is 6.76. The third kappa shape index (κ3) is 5.41. The van der Waals surface area contributed by atoms with Gasteiger partial charge in [-0.2, -0.15) is 17.5 Å². The van der Waals surface area contributed by atoms with Gasteiger partial charge in [-0.25, -0.2) is 13.2 Å². The summed E-state index contributed by atoms with van der Waals surface area (Å²) in [6.45, 7) is 1.12. The molecule has 0 heterocycles. The number of rotatable bonds is 8. The molecule has 180 valence electrons. The van der Waals surface area contributed by atoms with E-state index >= 15 is 0 Å². The summed E-state index contributed by atoms with van der Waals surface area (Å²) in [6.07, 6.45) is -3.14. The Kier molecular flexibility index (Phi) is 7.23. The lowest BCUT2D eigenvalue weighted by atomic mass is 9.87. The number of benzene rings is 2. The number of carboxylic acid groups (broad SMARTS) is 1. The van der Waals surface area contributed by atoms with Crippen LogP contribution in [-0.2, 0) is 27.4 Å². The molecule has 33 heavy (non-hydrogen) atoms. The highest BCUT2D eigenvalue weighted by Gasteiger charge is 2.37. The molecule has 0 saturated carbocycles. The summed E-state index contributed by atoms with van der Waals surface area (Å²) in [5.41, 5.74) is 0.206. The molecule has 3 rings (SSSR count). The van der Waals surface area contributed by atoms with E-state index in [0.717, 1.165) is 16.4 Å². The quantitative estimate of drug-likeness (QED) is 0.598. The van der Waals surface area contributed by atoms with E-state index in [9.17, 15) is 26.4 Å². The summed E-state index contributed by atoms with van der Waals surface area (Å²) >= 11 is 0. The van der Waals surface area contributed by atoms with Crippen LogP contribution in [-0.4, -0.2) is 44.1 Å². The summed E-state index contributed by atoms with van der Waals surface area (Å²) in [5.74, 6) is -0.981. The third-order valence-electron chi connectivity index (χ3n) is 5.42. The first kappa shape index (κ1) is 24.8. The van der Waals surface area contributed by atoms with Crippen molar-refractivity contribution < 1.29 is 41.0 Å². The van der Waals surface area contributed by atoms with E-state index in [1.54, 1.807) is 25.1 Å². The number of sulfonamides is 1. The van der Waals surface area contributed by atoms with Gasteiger partial charge in [0.2, 0.25) is 10.0 Å². The average molecular weight is 487 g/mol. The topological polar surface area (TPSA) is 93.1 Å². The maximum atomic E-state index is 13.4. The van der Waals surface area contributed by atoms with Crippen LogP contribution in [0.4, 0.5) is 13.2 Å². The number of ether oxygens (including phenoxy) is 2. The van der Waals surface area contributed by atoms with E-state index in [1.165, 1.54) is 7.05 Å². The van der Waals surface area contributed by atoms with Gasteiger partial charge in [-0.15, -0.1) is 0 Å². The van der Waals surface area contributed by atoms with Gasteiger partial charge in [0.15, 0.2) is 6.61 Å². The first-order valence-electron chi connectivity index (χ1n) is 10.2. The van der Waals surface area contributed by atoms with Gasteiger partial charge < -0.3 is 14.6 Å². The highest BCUT2D eigenvalue weighted by molar-refractivity contribution is 7.89. The molecule has 2 aromatic rings. The second kappa shape index (κ2) is 9.60. The molecule has 0 unspecified atom stereocenters. The second-order valence-electron chi connectivity index (χ2n) is 7.56. The molecule has 11 heteroatoms. The average Bonchev–Trinajstić information content (AvgIpc) is 2.76. The van der Waals surface area contributed by atoms with Crippen molar-refractivity contribution in [1.82, 2.24) is 4.31 Å². The molecule has 7 nitrogen and oxygen atoms in total. The van der Waals surface area contributed by atoms with Crippen molar-refractivity contribution in [3.05, 3.63) is 53.1 Å². The molecule has 0 aliphatic heterocycles. The Morgan fingerprint density at radius 2 is 1.94 bits per heavy atom. The van der Waals surface area contributed by atoms with Crippen molar-refractivity contribution in [2.75, 3.05) is 20.3 Å². The molecule has 0 radical (unpaired) electrons. The van der Waals surface area contributed by atoms with Gasteiger partial charge in [-0.05, 0) is 55.5 Å². The molecule has 2 aromatic carbocycles. The maximum absolute atomic E-state index is 13.4. The minimum absolute atomic E-state index is 0.0752. The number of fused-ring (bicyclic) bond motifs is 1. The molecule has 0 fully saturated rings. The summed E-state index contributed by atoms with van der Waals surface area (Å²) in [5, 5.41) is 8.89. The van der Waals surface area contributed by atoms with Gasteiger partial charge in [-0.1, -0.05) is 12.1 Å². The lowest BCUT2D eigenvalue weighted by molar-refractivity contribution is -0.139. The predicted octanol–water partition coefficient (Wildman–Crippen LogP) is 4.27. The summed E-state index contributed by atoms with van der Waals surface area (Å²) in [4.78, 5) is 10.4. The molecule has 0 aromatic heterocycles. The van der Waals surface area contributed by atoms with Gasteiger partial charge in [0.1, 0.15) is 11.5 Å². The van der Waals surface area contributed by atoms with Crippen LogP contribution in [0.5, 0.6) is 11.5 Å². The molecular weight excluding hydrogens is 463 g/mol. The maximum Gasteiger partial charge on any atom is 0.416 e. The number of halogens is 3. The predicted molar refractivity (Wildman–Crippen MR) is 113 cm³/mol. The highest BCUT2D eigenvalue weighted by Crippen LogP contribution is 2.41. The number of carboxylic acids is 1. The minimum Gasteiger partial charge on any atom is -0.494 e. The van der Waals surface area contributed by atoms with Crippen LogP contribution < -0.4 is 9.47 Å². The van der Waals surface area contributed by atoms with E-state index in [0.29, 0.717) is 42.2 Å². The van der Waals surface area contributed by atoms with Crippen molar-refractivity contribution in [2.45, 2.75) is 43.3 Å². The third-order valence-corrected chi connectivity index (χ3v) is 7.26. The van der Waals surface area contributed by atoms with Crippen molar-refractivity contribution in [3.8, 4) is 11.5 Å². The van der Waals surface area contributed by atoms with E-state index in [1.807, 2.05) is 0 Å². The smallest absolute Gasteiger partial charge is 0.416 e. The van der Waals surface area contributed by atoms with Crippen molar-refractivity contribution in [1.29, 1.82) is 0 Å². The van der Waals surface area contributed by atoms with Gasteiger partial charge in [-0.3, -0.25) is 0 Å². The molecule has 1 aliphatic carbocycles. The molecule has 1 atom stereocenters. The highest BCUT2D eigenvalue weighted by atomic mass is 32.2. The number of aliphatic carboxylic acids is 1. The van der Waals surface area contributed by atoms with Crippen molar-refractivity contribution in [3.63, 3.8) is 0 Å². The minimum atomic E-state index is -4.75. The molecule has 0 saturated heterocycles. The Hall–Kier alpha value is -2.79. The van der Waals surface area contributed by atoms with Crippen LogP contribution in [0.25, 0.3) is 0 Å². The number of hydrogen-bond acceptors (Lipinski definition) is 5. The second-order valence-corrected chi connectivity index (χ2v) is 9.56. The number of hydrogen-bond donors (Lipinski definition) is 1. The molecule has 0 spiro atoms. The monoisotopic (exact) mass is 487 g/mol. The molecule has 1 N–H and O–H groups in total. The van der Waals surface area contributed by atoms with E-state index in [-0.39, 0.29) is 12.4 Å². The molecule has 0 bridgehead atoms. The van der Waals surface area contributed by atoms with Crippen molar-refractivity contribution in [2.24, 2.45) is 0 Å². The summed E-state index contributed by atoms with van der Waals surface area (Å²) in [7, 11) is -3.01. The Bertz CT molecular complexity index is 1130. The Morgan fingerprint density at radius 3 is 2.58 bits per heavy atom. The largest absolute Gasteiger partial charge is 0.494 e. The van der Waals surface area contributed by atoms with Crippen LogP contribution in [0.2, 0.25) is 0 Å². The molecular formula is C22H24F3NO6S. The van der Waals surface area contributed by atoms with E-state index in [4.69, 9.17) is 14.6 Å². The molecule has 1 aliphatic rings. The molecule has 0 amide bonds. The van der Waals surface area contributed by atoms with Gasteiger partial charge in [0, 0.05) is 13.1 Å². The fraction of sp³-hybridized carbons (Fsp3) is 0.409. The van der Waals surface area contributed by atoms with Gasteiger partial charge in [0.05, 0.1) is 23.1 Å². The van der Waals surface area contributed by atoms with Gasteiger partial charge in [0.25, 0.3) is 0 Å². The van der Waals surface area contributed by atoms with Gasteiger partial charge >= 0.3 is 12.1 Å². The zero-order valence-corrected chi connectivity index (χ0v) is 18.9. The fourth-order valence-corrected chi connectivity index (χ4v) is 5.34. The standard InChI is InChI=1S/C22H24F3NO6S/c1-3-31-15-10-14(22(23,24)25)11-16(12-15)33(29,30)26(2)19-8-4-7-18-17(19)6-5-9-20(18)32-13-21(27)28/h5-6,9-12,19H,3-4,7-8,13H2,1-2H3,(H,27,28)/t19-/m1/s1. The zero-order chi connectivity index (χ0) is 24.4. The van der Waals surface area contributed by atoms with E-state index in [2.05, 4.69) is 0 Å². The Balaban J connectivity index is 2.01. The number of alkyl halides is 3. The van der Waals surface area contributed by atoms with Crippen LogP contribution >= 0.6 is 0 Å². The first-order chi connectivity index (χ1) is 15.4. The number of carbonyl (C=O) groups is 1. The zero-order valence-electron chi connectivity index (χ0n) is 18.1. The summed E-state index contributed by atoms with van der Waals surface area (Å²) < 4.78 is 78.5. The number of nitrogens with zero attached hydrogens (tertiary/aromatic N) is 1. The van der Waals surface area contributed by atoms with Crippen LogP contribution in [0.3, 0.4) is 0 Å².